The van der Waals surface area contributed by atoms with Crippen LogP contribution in [0, 0.1) is 16.7 Å². The second-order valence-corrected chi connectivity index (χ2v) is 12.0. The standard InChI is InChI=1S/C30H40N2O9/c1-16(33)40-19-13-29(2)18(10-11-20(29)34)23-25(19)30(3)21(15-39-5)41-28(38)17(24(30)27(37)26(23)36)14-32(4)12-8-6-7-9-22(31)35/h14,18-19,21,37H,6-13,15H2,1-5H3,(H2,31,35)/b17-14-/t18-,19+,21+,29-,30-/m0/s1. The number of aliphatic hydroxyl groups is 1. The minimum Gasteiger partial charge on any atom is -0.504 e. The number of carbonyl (C=O) groups excluding carboxylic acids is 5. The van der Waals surface area contributed by atoms with E-state index in [9.17, 15) is 29.1 Å². The number of esters is 2. The average molecular weight is 573 g/mol. The maximum absolute atomic E-state index is 14.0. The summed E-state index contributed by atoms with van der Waals surface area (Å²) in [5.41, 5.74) is 3.84. The smallest absolute Gasteiger partial charge is 0.340 e. The first kappa shape index (κ1) is 30.5. The number of hydrogen-bond acceptors (Lipinski definition) is 10. The van der Waals surface area contributed by atoms with Crippen molar-refractivity contribution in [3.05, 3.63) is 34.3 Å². The van der Waals surface area contributed by atoms with E-state index in [0.29, 0.717) is 37.8 Å². The Morgan fingerprint density at radius 2 is 1.90 bits per heavy atom. The summed E-state index contributed by atoms with van der Waals surface area (Å²) < 4.78 is 17.1. The Bertz CT molecular complexity index is 1260. The Hall–Kier alpha value is -3.47. The largest absolute Gasteiger partial charge is 0.504 e. The highest BCUT2D eigenvalue weighted by Crippen LogP contribution is 2.62. The Kier molecular flexibility index (Phi) is 8.50. The summed E-state index contributed by atoms with van der Waals surface area (Å²) in [5, 5.41) is 11.6. The fourth-order valence-corrected chi connectivity index (χ4v) is 7.20. The number of carbonyl (C=O) groups is 5. The van der Waals surface area contributed by atoms with Crippen molar-refractivity contribution in [2.24, 2.45) is 22.5 Å². The SMILES string of the molecule is COC[C@H]1OC(=O)/C(=C\N(C)CCCCCC(N)=O)C2=C(O)C(=O)C3=C([C@H](OC(C)=O)C[C@]4(C)C(=O)CC[C@@H]34)[C@]21C. The van der Waals surface area contributed by atoms with Crippen molar-refractivity contribution < 1.29 is 43.3 Å². The zero-order valence-electron chi connectivity index (χ0n) is 24.4. The van der Waals surface area contributed by atoms with Gasteiger partial charge in [0.05, 0.1) is 17.6 Å². The van der Waals surface area contributed by atoms with Crippen LogP contribution in [0.5, 0.6) is 0 Å². The molecular formula is C30H40N2O9. The maximum atomic E-state index is 14.0. The van der Waals surface area contributed by atoms with E-state index in [1.807, 2.05) is 0 Å². The Morgan fingerprint density at radius 1 is 1.20 bits per heavy atom. The lowest BCUT2D eigenvalue weighted by Crippen LogP contribution is -2.57. The van der Waals surface area contributed by atoms with Gasteiger partial charge in [-0.2, -0.15) is 0 Å². The van der Waals surface area contributed by atoms with Crippen LogP contribution in [-0.4, -0.2) is 78.9 Å². The number of cyclic esters (lactones) is 1. The number of methoxy groups -OCH3 is 1. The monoisotopic (exact) mass is 572 g/mol. The lowest BCUT2D eigenvalue weighted by molar-refractivity contribution is -0.160. The van der Waals surface area contributed by atoms with Crippen molar-refractivity contribution in [3.8, 4) is 0 Å². The molecule has 224 valence electrons. The normalized spacial score (nSPS) is 32.0. The van der Waals surface area contributed by atoms with Gasteiger partial charge in [0.15, 0.2) is 5.76 Å². The maximum Gasteiger partial charge on any atom is 0.340 e. The molecule has 1 heterocycles. The van der Waals surface area contributed by atoms with Crippen LogP contribution in [-0.2, 0) is 38.2 Å². The molecule has 4 rings (SSSR count). The molecule has 3 aliphatic carbocycles. The molecule has 1 aliphatic heterocycles. The predicted octanol–water partition coefficient (Wildman–Crippen LogP) is 2.44. The van der Waals surface area contributed by atoms with Gasteiger partial charge in [-0.05, 0) is 31.8 Å². The summed E-state index contributed by atoms with van der Waals surface area (Å²) in [5.74, 6) is -3.37. The Morgan fingerprint density at radius 3 is 2.54 bits per heavy atom. The van der Waals surface area contributed by atoms with Gasteiger partial charge in [0, 0.05) is 75.6 Å². The van der Waals surface area contributed by atoms with E-state index in [1.165, 1.54) is 14.0 Å². The number of ketones is 2. The molecule has 11 heteroatoms. The second kappa shape index (κ2) is 11.4. The third-order valence-electron chi connectivity index (χ3n) is 9.20. The highest BCUT2D eigenvalue weighted by molar-refractivity contribution is 6.14. The highest BCUT2D eigenvalue weighted by Gasteiger charge is 2.64. The highest BCUT2D eigenvalue weighted by atomic mass is 16.6. The van der Waals surface area contributed by atoms with E-state index in [0.717, 1.165) is 6.42 Å². The van der Waals surface area contributed by atoms with E-state index in [2.05, 4.69) is 0 Å². The number of nitrogens with two attached hydrogens (primary N) is 1. The van der Waals surface area contributed by atoms with E-state index in [-0.39, 0.29) is 47.9 Å². The van der Waals surface area contributed by atoms with Crippen molar-refractivity contribution >= 4 is 29.4 Å². The first-order valence-corrected chi connectivity index (χ1v) is 14.1. The molecule has 11 nitrogen and oxygen atoms in total. The molecule has 4 aliphatic rings. The summed E-state index contributed by atoms with van der Waals surface area (Å²) in [6.45, 7) is 5.31. The van der Waals surface area contributed by atoms with Gasteiger partial charge >= 0.3 is 11.9 Å². The molecule has 0 spiro atoms. The van der Waals surface area contributed by atoms with Crippen LogP contribution in [0.15, 0.2) is 34.3 Å². The number of amides is 1. The van der Waals surface area contributed by atoms with Gasteiger partial charge in [-0.25, -0.2) is 4.79 Å². The molecule has 0 aromatic carbocycles. The Balaban J connectivity index is 1.82. The van der Waals surface area contributed by atoms with Crippen molar-refractivity contribution in [2.75, 3.05) is 27.3 Å². The van der Waals surface area contributed by atoms with E-state index >= 15 is 0 Å². The van der Waals surface area contributed by atoms with Gasteiger partial charge in [-0.1, -0.05) is 13.3 Å². The number of unbranched alkanes of at least 4 members (excludes halogenated alkanes) is 2. The lowest BCUT2D eigenvalue weighted by Gasteiger charge is -2.53. The van der Waals surface area contributed by atoms with Crippen LogP contribution in [0.25, 0.3) is 0 Å². The quantitative estimate of drug-likeness (QED) is 0.226. The molecule has 0 unspecified atom stereocenters. The number of fused-ring (bicyclic) bond motifs is 4. The number of rotatable bonds is 10. The second-order valence-electron chi connectivity index (χ2n) is 12.0. The number of hydrogen-bond donors (Lipinski definition) is 2. The van der Waals surface area contributed by atoms with Crippen LogP contribution in [0.4, 0.5) is 0 Å². The fraction of sp³-hybridized carbons (Fsp3) is 0.633. The van der Waals surface area contributed by atoms with Crippen molar-refractivity contribution in [1.82, 2.24) is 4.90 Å². The lowest BCUT2D eigenvalue weighted by atomic mass is 9.53. The zero-order chi connectivity index (χ0) is 30.3. The van der Waals surface area contributed by atoms with Crippen LogP contribution in [0.2, 0.25) is 0 Å². The first-order chi connectivity index (χ1) is 19.3. The third kappa shape index (κ3) is 5.20. The number of primary amides is 1. The van der Waals surface area contributed by atoms with Crippen molar-refractivity contribution in [1.29, 1.82) is 0 Å². The van der Waals surface area contributed by atoms with Crippen LogP contribution in [0.3, 0.4) is 0 Å². The van der Waals surface area contributed by atoms with E-state index in [1.54, 1.807) is 32.0 Å². The molecule has 1 saturated heterocycles. The van der Waals surface area contributed by atoms with Gasteiger partial charge in [-0.15, -0.1) is 0 Å². The predicted molar refractivity (Wildman–Crippen MR) is 146 cm³/mol. The van der Waals surface area contributed by atoms with Gasteiger partial charge in [0.1, 0.15) is 18.0 Å². The molecule has 41 heavy (non-hydrogen) atoms. The molecule has 1 amide bonds. The summed E-state index contributed by atoms with van der Waals surface area (Å²) in [6, 6.07) is 0. The number of ether oxygens (including phenoxy) is 3. The molecule has 0 aromatic heterocycles. The van der Waals surface area contributed by atoms with Gasteiger partial charge in [0.25, 0.3) is 0 Å². The van der Waals surface area contributed by atoms with Gasteiger partial charge in [-0.3, -0.25) is 19.2 Å². The molecular weight excluding hydrogens is 532 g/mol. The third-order valence-corrected chi connectivity index (χ3v) is 9.20. The minimum absolute atomic E-state index is 0.0139. The first-order valence-electron chi connectivity index (χ1n) is 14.1. The number of aliphatic hydroxyl groups excluding tert-OH is 1. The summed E-state index contributed by atoms with van der Waals surface area (Å²) >= 11 is 0. The topological polar surface area (TPSA) is 163 Å². The molecule has 0 aromatic rings. The Labute approximate surface area is 239 Å². The molecule has 3 N–H and O–H groups in total. The summed E-state index contributed by atoms with van der Waals surface area (Å²) in [4.78, 5) is 65.5. The minimum atomic E-state index is -1.28. The summed E-state index contributed by atoms with van der Waals surface area (Å²) in [7, 11) is 3.22. The van der Waals surface area contributed by atoms with Crippen LogP contribution in [0.1, 0.15) is 65.7 Å². The zero-order valence-corrected chi connectivity index (χ0v) is 24.4. The van der Waals surface area contributed by atoms with Gasteiger partial charge < -0.3 is 30.0 Å². The van der Waals surface area contributed by atoms with Crippen LogP contribution >= 0.6 is 0 Å². The number of allylic oxidation sites excluding steroid dienone is 1. The van der Waals surface area contributed by atoms with Gasteiger partial charge in [0.2, 0.25) is 11.7 Å². The van der Waals surface area contributed by atoms with Crippen LogP contribution < -0.4 is 5.73 Å². The van der Waals surface area contributed by atoms with E-state index in [4.69, 9.17) is 19.9 Å². The van der Waals surface area contributed by atoms with E-state index < -0.39 is 52.4 Å². The average Bonchev–Trinajstić information content (AvgIpc) is 3.18. The van der Waals surface area contributed by atoms with Crippen molar-refractivity contribution in [2.45, 2.75) is 77.9 Å². The molecule has 5 atom stereocenters. The number of Topliss-reactive ketones (excluding diaryl/α,β-unsaturated/α-hetero) is 2. The molecule has 0 radical (unpaired) electrons. The fourth-order valence-electron chi connectivity index (χ4n) is 7.20. The molecule has 2 fully saturated rings. The molecule has 0 bridgehead atoms. The summed E-state index contributed by atoms with van der Waals surface area (Å²) in [6.07, 6.45) is 2.98. The molecule has 1 saturated carbocycles. The van der Waals surface area contributed by atoms with Crippen molar-refractivity contribution in [3.63, 3.8) is 0 Å². The number of nitrogens with zero attached hydrogens (tertiary/aromatic N) is 1.